The van der Waals surface area contributed by atoms with E-state index in [9.17, 15) is 9.90 Å². The van der Waals surface area contributed by atoms with Crippen molar-refractivity contribution in [3.05, 3.63) is 23.8 Å². The normalized spacial score (nSPS) is 15.3. The molecular weight excluding hydrogens is 256 g/mol. The second kappa shape index (κ2) is 6.61. The fourth-order valence-corrected chi connectivity index (χ4v) is 2.88. The molecule has 0 aromatic heterocycles. The Kier molecular flexibility index (Phi) is 4.84. The van der Waals surface area contributed by atoms with Gasteiger partial charge in [0.2, 0.25) is 0 Å². The lowest BCUT2D eigenvalue weighted by molar-refractivity contribution is 0.0601. The smallest absolute Gasteiger partial charge is 0.337 e. The van der Waals surface area contributed by atoms with E-state index < -0.39 is 5.97 Å². The summed E-state index contributed by atoms with van der Waals surface area (Å²) in [5, 5.41) is 9.27. The number of nitrogens with two attached hydrogens (primary N) is 1. The Balaban J connectivity index is 2.26. The minimum atomic E-state index is -0.391. The number of carbonyl (C=O) groups is 1. The largest absolute Gasteiger partial charge is 0.465 e. The molecule has 1 aliphatic rings. The van der Waals surface area contributed by atoms with Crippen molar-refractivity contribution in [1.82, 2.24) is 0 Å². The molecule has 20 heavy (non-hydrogen) atoms. The van der Waals surface area contributed by atoms with Crippen molar-refractivity contribution < 1.29 is 14.6 Å². The molecule has 0 heterocycles. The van der Waals surface area contributed by atoms with Crippen LogP contribution in [0.2, 0.25) is 0 Å². The van der Waals surface area contributed by atoms with E-state index in [0.717, 1.165) is 18.5 Å². The van der Waals surface area contributed by atoms with Gasteiger partial charge < -0.3 is 20.5 Å². The second-order valence-electron chi connectivity index (χ2n) is 5.12. The van der Waals surface area contributed by atoms with Crippen molar-refractivity contribution in [3.63, 3.8) is 0 Å². The van der Waals surface area contributed by atoms with Crippen LogP contribution in [0.3, 0.4) is 0 Å². The molecule has 110 valence electrons. The van der Waals surface area contributed by atoms with Gasteiger partial charge >= 0.3 is 5.97 Å². The monoisotopic (exact) mass is 278 g/mol. The van der Waals surface area contributed by atoms with Crippen LogP contribution in [0.1, 0.15) is 36.0 Å². The van der Waals surface area contributed by atoms with Gasteiger partial charge in [-0.3, -0.25) is 0 Å². The molecular formula is C15H22N2O3. The third-order valence-corrected chi connectivity index (χ3v) is 3.86. The molecule has 0 atom stereocenters. The first kappa shape index (κ1) is 14.7. The minimum Gasteiger partial charge on any atom is -0.465 e. The summed E-state index contributed by atoms with van der Waals surface area (Å²) in [4.78, 5) is 13.7. The van der Waals surface area contributed by atoms with Crippen LogP contribution >= 0.6 is 0 Å². The summed E-state index contributed by atoms with van der Waals surface area (Å²) < 4.78 is 4.69. The van der Waals surface area contributed by atoms with Crippen molar-refractivity contribution in [2.24, 2.45) is 0 Å². The fraction of sp³-hybridized carbons (Fsp3) is 0.533. The van der Waals surface area contributed by atoms with E-state index in [-0.39, 0.29) is 6.61 Å². The standard InChI is InChI=1S/C15H22N2O3/c1-20-15(19)11-6-7-14(13(16)10-11)17(8-9-18)12-4-2-3-5-12/h6-7,10,12,18H,2-5,8-9,16H2,1H3. The molecule has 0 aliphatic heterocycles. The highest BCUT2D eigenvalue weighted by Gasteiger charge is 2.24. The van der Waals surface area contributed by atoms with Gasteiger partial charge in [-0.1, -0.05) is 12.8 Å². The van der Waals surface area contributed by atoms with E-state index in [1.54, 1.807) is 12.1 Å². The van der Waals surface area contributed by atoms with Crippen LogP contribution in [0, 0.1) is 0 Å². The van der Waals surface area contributed by atoms with Crippen molar-refractivity contribution in [3.8, 4) is 0 Å². The average Bonchev–Trinajstić information content (AvgIpc) is 2.98. The van der Waals surface area contributed by atoms with Crippen molar-refractivity contribution in [2.75, 3.05) is 30.9 Å². The van der Waals surface area contributed by atoms with Gasteiger partial charge in [-0.05, 0) is 31.0 Å². The van der Waals surface area contributed by atoms with Crippen molar-refractivity contribution >= 4 is 17.3 Å². The zero-order valence-electron chi connectivity index (χ0n) is 11.8. The Labute approximate surface area is 119 Å². The van der Waals surface area contributed by atoms with Crippen LogP contribution in [0.25, 0.3) is 0 Å². The zero-order valence-corrected chi connectivity index (χ0v) is 11.8. The number of rotatable bonds is 5. The first-order valence-electron chi connectivity index (χ1n) is 7.02. The molecule has 0 bridgehead atoms. The molecule has 0 spiro atoms. The van der Waals surface area contributed by atoms with Crippen LogP contribution in [0.15, 0.2) is 18.2 Å². The highest BCUT2D eigenvalue weighted by Crippen LogP contribution is 2.32. The van der Waals surface area contributed by atoms with Crippen LogP contribution in [-0.4, -0.2) is 37.4 Å². The predicted molar refractivity (Wildman–Crippen MR) is 78.9 cm³/mol. The van der Waals surface area contributed by atoms with Crippen molar-refractivity contribution in [1.29, 1.82) is 0 Å². The summed E-state index contributed by atoms with van der Waals surface area (Å²) in [7, 11) is 1.35. The Bertz CT molecular complexity index is 470. The van der Waals surface area contributed by atoms with Gasteiger partial charge in [0.25, 0.3) is 0 Å². The second-order valence-corrected chi connectivity index (χ2v) is 5.12. The van der Waals surface area contributed by atoms with Crippen molar-refractivity contribution in [2.45, 2.75) is 31.7 Å². The zero-order chi connectivity index (χ0) is 14.5. The molecule has 1 aliphatic carbocycles. The van der Waals surface area contributed by atoms with Gasteiger partial charge in [0.05, 0.1) is 30.7 Å². The summed E-state index contributed by atoms with van der Waals surface area (Å²) in [6, 6.07) is 5.63. The number of methoxy groups -OCH3 is 1. The lowest BCUT2D eigenvalue weighted by atomic mass is 10.1. The Hall–Kier alpha value is -1.75. The number of benzene rings is 1. The number of esters is 1. The Morgan fingerprint density at radius 2 is 2.15 bits per heavy atom. The molecule has 0 radical (unpaired) electrons. The average molecular weight is 278 g/mol. The number of aliphatic hydroxyl groups is 1. The maximum absolute atomic E-state index is 11.5. The Morgan fingerprint density at radius 1 is 1.45 bits per heavy atom. The highest BCUT2D eigenvalue weighted by molar-refractivity contribution is 5.92. The number of anilines is 2. The number of aliphatic hydroxyl groups excluding tert-OH is 1. The van der Waals surface area contributed by atoms with E-state index in [0.29, 0.717) is 23.8 Å². The number of hydrogen-bond acceptors (Lipinski definition) is 5. The summed E-state index contributed by atoms with van der Waals surface area (Å²) in [5.41, 5.74) is 7.97. The first-order chi connectivity index (χ1) is 9.67. The third kappa shape index (κ3) is 3.04. The molecule has 0 unspecified atom stereocenters. The van der Waals surface area contributed by atoms with Gasteiger partial charge in [0.15, 0.2) is 0 Å². The molecule has 1 fully saturated rings. The van der Waals surface area contributed by atoms with Gasteiger partial charge in [-0.25, -0.2) is 4.79 Å². The predicted octanol–water partition coefficient (Wildman–Crippen LogP) is 1.80. The van der Waals surface area contributed by atoms with Crippen LogP contribution in [0.5, 0.6) is 0 Å². The summed E-state index contributed by atoms with van der Waals surface area (Å²) in [6.07, 6.45) is 4.68. The summed E-state index contributed by atoms with van der Waals surface area (Å²) in [5.74, 6) is -0.391. The highest BCUT2D eigenvalue weighted by atomic mass is 16.5. The molecule has 3 N–H and O–H groups in total. The quantitative estimate of drug-likeness (QED) is 0.634. The van der Waals surface area contributed by atoms with Crippen LogP contribution < -0.4 is 10.6 Å². The van der Waals surface area contributed by atoms with Gasteiger partial charge in [0, 0.05) is 12.6 Å². The molecule has 1 aromatic carbocycles. The molecule has 0 saturated heterocycles. The SMILES string of the molecule is COC(=O)c1ccc(N(CCO)C2CCCC2)c(N)c1. The maximum Gasteiger partial charge on any atom is 0.337 e. The Morgan fingerprint density at radius 3 is 2.70 bits per heavy atom. The van der Waals surface area contributed by atoms with Gasteiger partial charge in [0.1, 0.15) is 0 Å². The molecule has 0 amide bonds. The summed E-state index contributed by atoms with van der Waals surface area (Å²) in [6.45, 7) is 0.654. The van der Waals surface area contributed by atoms with E-state index >= 15 is 0 Å². The topological polar surface area (TPSA) is 75.8 Å². The number of nitrogens with zero attached hydrogens (tertiary/aromatic N) is 1. The van der Waals surface area contributed by atoms with Crippen LogP contribution in [-0.2, 0) is 4.74 Å². The number of hydrogen-bond donors (Lipinski definition) is 2. The fourth-order valence-electron chi connectivity index (χ4n) is 2.88. The molecule has 1 saturated carbocycles. The lowest BCUT2D eigenvalue weighted by Gasteiger charge is -2.31. The van der Waals surface area contributed by atoms with Crippen LogP contribution in [0.4, 0.5) is 11.4 Å². The maximum atomic E-state index is 11.5. The molecule has 5 heteroatoms. The number of ether oxygens (including phenoxy) is 1. The number of carbonyl (C=O) groups excluding carboxylic acids is 1. The molecule has 1 aromatic rings. The summed E-state index contributed by atoms with van der Waals surface area (Å²) >= 11 is 0. The molecule has 5 nitrogen and oxygen atoms in total. The van der Waals surface area contributed by atoms with E-state index in [2.05, 4.69) is 4.90 Å². The van der Waals surface area contributed by atoms with Gasteiger partial charge in [-0.2, -0.15) is 0 Å². The minimum absolute atomic E-state index is 0.0920. The van der Waals surface area contributed by atoms with Gasteiger partial charge in [-0.15, -0.1) is 0 Å². The molecule has 2 rings (SSSR count). The van der Waals surface area contributed by atoms with E-state index in [4.69, 9.17) is 10.5 Å². The number of nitrogen functional groups attached to an aromatic ring is 1. The third-order valence-electron chi connectivity index (χ3n) is 3.86. The van der Waals surface area contributed by atoms with E-state index in [1.165, 1.54) is 20.0 Å². The van der Waals surface area contributed by atoms with E-state index in [1.807, 2.05) is 6.07 Å². The first-order valence-corrected chi connectivity index (χ1v) is 7.02. The lowest BCUT2D eigenvalue weighted by Crippen LogP contribution is -2.36.